The molecule has 1 fully saturated rings. The van der Waals surface area contributed by atoms with Crippen molar-refractivity contribution in [1.82, 2.24) is 4.31 Å². The lowest BCUT2D eigenvalue weighted by Crippen LogP contribution is -2.54. The molecule has 0 saturated carbocycles. The summed E-state index contributed by atoms with van der Waals surface area (Å²) in [6, 6.07) is 0. The Hall–Kier alpha value is -0.830. The summed E-state index contributed by atoms with van der Waals surface area (Å²) in [7, 11) is -3.70. The largest absolute Gasteiger partial charge is 0.481 e. The van der Waals surface area contributed by atoms with Gasteiger partial charge in [0, 0.05) is 19.5 Å². The van der Waals surface area contributed by atoms with Crippen LogP contribution in [-0.4, -0.2) is 48.8 Å². The van der Waals surface area contributed by atoms with E-state index in [4.69, 9.17) is 5.11 Å². The van der Waals surface area contributed by atoms with Crippen LogP contribution >= 0.6 is 0 Å². The minimum Gasteiger partial charge on any atom is -0.481 e. The molecule has 0 aliphatic carbocycles. The van der Waals surface area contributed by atoms with Crippen LogP contribution in [0.3, 0.4) is 0 Å². The van der Waals surface area contributed by atoms with Crippen molar-refractivity contribution in [2.45, 2.75) is 25.9 Å². The molecule has 0 amide bonds. The maximum atomic E-state index is 11.9. The Bertz CT molecular complexity index is 429. The Morgan fingerprint density at radius 3 is 2.37 bits per heavy atom. The molecule has 1 heterocycles. The Balaban J connectivity index is 2.39. The zero-order valence-electron chi connectivity index (χ0n) is 10.4. The van der Waals surface area contributed by atoms with Gasteiger partial charge in [-0.2, -0.15) is 13.2 Å². The SMILES string of the molecule is CC(C(=O)O)C1CN(S(=O)(=O)CCCC(F)(F)F)C1. The zero-order valence-corrected chi connectivity index (χ0v) is 11.2. The topological polar surface area (TPSA) is 74.7 Å². The molecule has 1 saturated heterocycles. The Labute approximate surface area is 109 Å². The van der Waals surface area contributed by atoms with Gasteiger partial charge in [0.1, 0.15) is 0 Å². The Kier molecular flexibility index (Phi) is 4.83. The summed E-state index contributed by atoms with van der Waals surface area (Å²) < 4.78 is 60.1. The molecule has 0 aromatic carbocycles. The van der Waals surface area contributed by atoms with Gasteiger partial charge in [-0.05, 0) is 12.3 Å². The number of carbonyl (C=O) groups is 1. The number of alkyl halides is 3. The lowest BCUT2D eigenvalue weighted by molar-refractivity contribution is -0.144. The molecule has 9 heteroatoms. The molecular formula is C10H16F3NO4S. The van der Waals surface area contributed by atoms with Gasteiger partial charge >= 0.3 is 12.1 Å². The van der Waals surface area contributed by atoms with Crippen molar-refractivity contribution in [3.05, 3.63) is 0 Å². The van der Waals surface area contributed by atoms with Crippen LogP contribution in [0.1, 0.15) is 19.8 Å². The number of halogens is 3. The van der Waals surface area contributed by atoms with Gasteiger partial charge in [0.2, 0.25) is 10.0 Å². The summed E-state index contributed by atoms with van der Waals surface area (Å²) in [5, 5.41) is 8.74. The first-order valence-electron chi connectivity index (χ1n) is 5.80. The van der Waals surface area contributed by atoms with Crippen LogP contribution in [0.25, 0.3) is 0 Å². The third-order valence-corrected chi connectivity index (χ3v) is 5.12. The Morgan fingerprint density at radius 1 is 1.42 bits per heavy atom. The maximum Gasteiger partial charge on any atom is 0.389 e. The minimum absolute atomic E-state index is 0.0712. The third-order valence-electron chi connectivity index (χ3n) is 3.23. The van der Waals surface area contributed by atoms with Crippen molar-refractivity contribution in [1.29, 1.82) is 0 Å². The van der Waals surface area contributed by atoms with Gasteiger partial charge in [0.15, 0.2) is 0 Å². The second-order valence-electron chi connectivity index (χ2n) is 4.74. The van der Waals surface area contributed by atoms with E-state index in [1.807, 2.05) is 0 Å². The van der Waals surface area contributed by atoms with Crippen LogP contribution in [0, 0.1) is 11.8 Å². The van der Waals surface area contributed by atoms with Gasteiger partial charge in [0.05, 0.1) is 11.7 Å². The first-order valence-corrected chi connectivity index (χ1v) is 7.41. The average molecular weight is 303 g/mol. The van der Waals surface area contributed by atoms with Crippen molar-refractivity contribution < 1.29 is 31.5 Å². The number of carboxylic acids is 1. The number of aliphatic carboxylic acids is 1. The lowest BCUT2D eigenvalue weighted by atomic mass is 9.89. The van der Waals surface area contributed by atoms with Crippen LogP contribution in [-0.2, 0) is 14.8 Å². The summed E-state index contributed by atoms with van der Waals surface area (Å²) in [5.41, 5.74) is 0. The number of nitrogens with zero attached hydrogens (tertiary/aromatic N) is 1. The van der Waals surface area contributed by atoms with Gasteiger partial charge in [-0.1, -0.05) is 6.92 Å². The molecule has 0 aromatic heterocycles. The molecule has 19 heavy (non-hydrogen) atoms. The van der Waals surface area contributed by atoms with Crippen molar-refractivity contribution >= 4 is 16.0 Å². The highest BCUT2D eigenvalue weighted by Crippen LogP contribution is 2.28. The molecular weight excluding hydrogens is 287 g/mol. The van der Waals surface area contributed by atoms with E-state index >= 15 is 0 Å². The van der Waals surface area contributed by atoms with Crippen LogP contribution in [0.2, 0.25) is 0 Å². The summed E-state index contributed by atoms with van der Waals surface area (Å²) >= 11 is 0. The second kappa shape index (κ2) is 5.66. The van der Waals surface area contributed by atoms with E-state index < -0.39 is 46.7 Å². The maximum absolute atomic E-state index is 11.9. The fourth-order valence-corrected chi connectivity index (χ4v) is 3.40. The molecule has 0 radical (unpaired) electrons. The van der Waals surface area contributed by atoms with E-state index in [-0.39, 0.29) is 19.0 Å². The van der Waals surface area contributed by atoms with Gasteiger partial charge in [-0.25, -0.2) is 12.7 Å². The molecule has 5 nitrogen and oxygen atoms in total. The van der Waals surface area contributed by atoms with Gasteiger partial charge in [-0.3, -0.25) is 4.79 Å². The molecule has 0 bridgehead atoms. The predicted octanol–water partition coefficient (Wildman–Crippen LogP) is 1.31. The van der Waals surface area contributed by atoms with Gasteiger partial charge in [0.25, 0.3) is 0 Å². The van der Waals surface area contributed by atoms with Crippen LogP contribution in [0.4, 0.5) is 13.2 Å². The molecule has 0 aromatic rings. The number of carboxylic acid groups (broad SMARTS) is 1. The van der Waals surface area contributed by atoms with E-state index in [0.717, 1.165) is 4.31 Å². The standard InChI is InChI=1S/C10H16F3NO4S/c1-7(9(15)16)8-5-14(6-8)19(17,18)4-2-3-10(11,12)13/h7-8H,2-6H2,1H3,(H,15,16). The fourth-order valence-electron chi connectivity index (χ4n) is 1.80. The van der Waals surface area contributed by atoms with E-state index in [1.165, 1.54) is 6.92 Å². The smallest absolute Gasteiger partial charge is 0.389 e. The lowest BCUT2D eigenvalue weighted by Gasteiger charge is -2.40. The molecule has 1 unspecified atom stereocenters. The van der Waals surface area contributed by atoms with Crippen molar-refractivity contribution in [2.24, 2.45) is 11.8 Å². The summed E-state index contributed by atoms with van der Waals surface area (Å²) in [5.74, 6) is -2.48. The summed E-state index contributed by atoms with van der Waals surface area (Å²) in [4.78, 5) is 10.7. The van der Waals surface area contributed by atoms with Crippen LogP contribution in [0.5, 0.6) is 0 Å². The molecule has 112 valence electrons. The Morgan fingerprint density at radius 2 is 1.95 bits per heavy atom. The van der Waals surface area contributed by atoms with Crippen LogP contribution < -0.4 is 0 Å². The summed E-state index contributed by atoms with van der Waals surface area (Å²) in [6.45, 7) is 1.63. The minimum atomic E-state index is -4.36. The van der Waals surface area contributed by atoms with Crippen molar-refractivity contribution in [3.63, 3.8) is 0 Å². The third kappa shape index (κ3) is 4.64. The molecule has 1 aliphatic heterocycles. The van der Waals surface area contributed by atoms with E-state index in [1.54, 1.807) is 0 Å². The number of hydrogen-bond acceptors (Lipinski definition) is 3. The number of rotatable bonds is 6. The van der Waals surface area contributed by atoms with Crippen molar-refractivity contribution in [3.8, 4) is 0 Å². The first kappa shape index (κ1) is 16.2. The van der Waals surface area contributed by atoms with Gasteiger partial charge in [-0.15, -0.1) is 0 Å². The molecule has 1 aliphatic rings. The highest BCUT2D eigenvalue weighted by atomic mass is 32.2. The zero-order chi connectivity index (χ0) is 14.8. The molecule has 1 rings (SSSR count). The van der Waals surface area contributed by atoms with E-state index in [0.29, 0.717) is 0 Å². The molecule has 1 N–H and O–H groups in total. The molecule has 0 spiro atoms. The predicted molar refractivity (Wildman–Crippen MR) is 60.9 cm³/mol. The van der Waals surface area contributed by atoms with Crippen molar-refractivity contribution in [2.75, 3.05) is 18.8 Å². The average Bonchev–Trinajstić information content (AvgIpc) is 2.11. The normalized spacial score (nSPS) is 20.0. The second-order valence-corrected chi connectivity index (χ2v) is 6.83. The number of hydrogen-bond donors (Lipinski definition) is 1. The fraction of sp³-hybridized carbons (Fsp3) is 0.900. The van der Waals surface area contributed by atoms with E-state index in [2.05, 4.69) is 0 Å². The highest BCUT2D eigenvalue weighted by molar-refractivity contribution is 7.89. The highest BCUT2D eigenvalue weighted by Gasteiger charge is 2.40. The summed E-state index contributed by atoms with van der Waals surface area (Å²) in [6.07, 6.45) is -5.96. The van der Waals surface area contributed by atoms with E-state index in [9.17, 15) is 26.4 Å². The van der Waals surface area contributed by atoms with Gasteiger partial charge < -0.3 is 5.11 Å². The first-order chi connectivity index (χ1) is 8.53. The quantitative estimate of drug-likeness (QED) is 0.803. The molecule has 1 atom stereocenters. The monoisotopic (exact) mass is 303 g/mol. The van der Waals surface area contributed by atoms with Crippen LogP contribution in [0.15, 0.2) is 0 Å². The number of sulfonamides is 1.